The van der Waals surface area contributed by atoms with Gasteiger partial charge in [0.05, 0.1) is 18.1 Å². The number of hydrogen-bond acceptors (Lipinski definition) is 5. The first kappa shape index (κ1) is 19.8. The molecule has 0 heterocycles. The molecule has 0 aliphatic heterocycles. The smallest absolute Gasteiger partial charge is 0.341 e. The summed E-state index contributed by atoms with van der Waals surface area (Å²) in [5.41, 5.74) is 0.657. The Hall–Kier alpha value is -2.52. The number of hydrogen-bond donors (Lipinski definition) is 2. The Kier molecular flexibility index (Phi) is 6.27. The van der Waals surface area contributed by atoms with E-state index < -0.39 is 32.5 Å². The SMILES string of the molecule is COc1ccc(C(O)CNC(=O)c2ccc(S(=O)(=O)C(F)F)cc2)cc1. The van der Waals surface area contributed by atoms with Gasteiger partial charge in [0.2, 0.25) is 9.84 Å². The molecule has 6 nitrogen and oxygen atoms in total. The lowest BCUT2D eigenvalue weighted by Crippen LogP contribution is -2.28. The summed E-state index contributed by atoms with van der Waals surface area (Å²) in [6, 6.07) is 10.8. The fourth-order valence-corrected chi connectivity index (χ4v) is 2.86. The number of alkyl halides is 2. The number of carbonyl (C=O) groups is 1. The van der Waals surface area contributed by atoms with Crippen molar-refractivity contribution in [3.05, 3.63) is 59.7 Å². The first-order chi connectivity index (χ1) is 12.3. The third kappa shape index (κ3) is 4.55. The molecular formula is C17H17F2NO5S. The van der Waals surface area contributed by atoms with Crippen molar-refractivity contribution in [1.29, 1.82) is 0 Å². The number of benzene rings is 2. The maximum atomic E-state index is 12.5. The van der Waals surface area contributed by atoms with E-state index >= 15 is 0 Å². The zero-order valence-electron chi connectivity index (χ0n) is 13.7. The average Bonchev–Trinajstić information content (AvgIpc) is 2.65. The van der Waals surface area contributed by atoms with Crippen LogP contribution in [0.25, 0.3) is 0 Å². The maximum absolute atomic E-state index is 12.5. The minimum atomic E-state index is -4.70. The van der Waals surface area contributed by atoms with E-state index in [1.807, 2.05) is 0 Å². The fraction of sp³-hybridized carbons (Fsp3) is 0.235. The van der Waals surface area contributed by atoms with Crippen molar-refractivity contribution >= 4 is 15.7 Å². The lowest BCUT2D eigenvalue weighted by molar-refractivity contribution is 0.0916. The number of rotatable bonds is 7. The van der Waals surface area contributed by atoms with Crippen LogP contribution in [0.2, 0.25) is 0 Å². The van der Waals surface area contributed by atoms with Crippen LogP contribution in [0.5, 0.6) is 5.75 Å². The van der Waals surface area contributed by atoms with Crippen LogP contribution < -0.4 is 10.1 Å². The van der Waals surface area contributed by atoms with Gasteiger partial charge in [-0.3, -0.25) is 4.79 Å². The summed E-state index contributed by atoms with van der Waals surface area (Å²) in [6.07, 6.45) is -0.955. The summed E-state index contributed by atoms with van der Waals surface area (Å²) >= 11 is 0. The van der Waals surface area contributed by atoms with Crippen molar-refractivity contribution in [1.82, 2.24) is 5.32 Å². The third-order valence-corrected chi connectivity index (χ3v) is 5.03. The summed E-state index contributed by atoms with van der Waals surface area (Å²) in [4.78, 5) is 11.5. The molecule has 0 aliphatic carbocycles. The van der Waals surface area contributed by atoms with Crippen LogP contribution in [-0.2, 0) is 9.84 Å². The second-order valence-electron chi connectivity index (χ2n) is 5.33. The zero-order chi connectivity index (χ0) is 19.3. The summed E-state index contributed by atoms with van der Waals surface area (Å²) < 4.78 is 52.6. The number of aliphatic hydroxyl groups excluding tert-OH is 1. The number of amides is 1. The molecule has 0 fully saturated rings. The van der Waals surface area contributed by atoms with E-state index in [1.54, 1.807) is 24.3 Å². The summed E-state index contributed by atoms with van der Waals surface area (Å²) in [5, 5.41) is 12.6. The molecular weight excluding hydrogens is 368 g/mol. The zero-order valence-corrected chi connectivity index (χ0v) is 14.5. The van der Waals surface area contributed by atoms with Gasteiger partial charge in [0.1, 0.15) is 5.75 Å². The van der Waals surface area contributed by atoms with E-state index in [4.69, 9.17) is 4.74 Å². The molecule has 2 rings (SSSR count). The van der Waals surface area contributed by atoms with E-state index in [0.29, 0.717) is 11.3 Å². The molecule has 140 valence electrons. The molecule has 1 atom stereocenters. The molecule has 2 aromatic rings. The first-order valence-corrected chi connectivity index (χ1v) is 9.02. The number of ether oxygens (including phenoxy) is 1. The molecule has 1 amide bonds. The number of carbonyl (C=O) groups excluding carboxylic acids is 1. The minimum Gasteiger partial charge on any atom is -0.497 e. The minimum absolute atomic E-state index is 0.0811. The molecule has 0 saturated heterocycles. The van der Waals surface area contributed by atoms with E-state index in [2.05, 4.69) is 5.32 Å². The van der Waals surface area contributed by atoms with Gasteiger partial charge in [-0.05, 0) is 42.0 Å². The predicted octanol–water partition coefficient (Wildman–Crippen LogP) is 2.15. The lowest BCUT2D eigenvalue weighted by Gasteiger charge is -2.13. The van der Waals surface area contributed by atoms with Gasteiger partial charge in [0.15, 0.2) is 0 Å². The van der Waals surface area contributed by atoms with Gasteiger partial charge < -0.3 is 15.2 Å². The number of aliphatic hydroxyl groups is 1. The molecule has 0 aromatic heterocycles. The van der Waals surface area contributed by atoms with Gasteiger partial charge in [0, 0.05) is 12.1 Å². The fourth-order valence-electron chi connectivity index (χ4n) is 2.13. The topological polar surface area (TPSA) is 92.7 Å². The molecule has 0 aliphatic rings. The van der Waals surface area contributed by atoms with Crippen LogP contribution >= 0.6 is 0 Å². The van der Waals surface area contributed by atoms with Crippen molar-refractivity contribution in [2.24, 2.45) is 0 Å². The van der Waals surface area contributed by atoms with Crippen molar-refractivity contribution in [2.75, 3.05) is 13.7 Å². The van der Waals surface area contributed by atoms with E-state index in [0.717, 1.165) is 24.3 Å². The molecule has 0 radical (unpaired) electrons. The van der Waals surface area contributed by atoms with Gasteiger partial charge >= 0.3 is 5.76 Å². The quantitative estimate of drug-likeness (QED) is 0.762. The Morgan fingerprint density at radius 1 is 1.12 bits per heavy atom. The highest BCUT2D eigenvalue weighted by molar-refractivity contribution is 7.91. The average molecular weight is 385 g/mol. The molecule has 0 spiro atoms. The second-order valence-corrected chi connectivity index (χ2v) is 7.25. The molecule has 1 unspecified atom stereocenters. The molecule has 2 aromatic carbocycles. The molecule has 0 bridgehead atoms. The Morgan fingerprint density at radius 2 is 1.69 bits per heavy atom. The van der Waals surface area contributed by atoms with Gasteiger partial charge in [-0.1, -0.05) is 12.1 Å². The Balaban J connectivity index is 1.99. The largest absolute Gasteiger partial charge is 0.497 e. The highest BCUT2D eigenvalue weighted by Gasteiger charge is 2.26. The molecule has 2 N–H and O–H groups in total. The van der Waals surface area contributed by atoms with Gasteiger partial charge in [-0.2, -0.15) is 8.78 Å². The normalized spacial score (nSPS) is 12.7. The van der Waals surface area contributed by atoms with Gasteiger partial charge in [-0.25, -0.2) is 8.42 Å². The molecule has 0 saturated carbocycles. The summed E-state index contributed by atoms with van der Waals surface area (Å²) in [7, 11) is -3.18. The standard InChI is InChI=1S/C17H17F2NO5S/c1-25-13-6-2-11(3-7-13)15(21)10-20-16(22)12-4-8-14(9-5-12)26(23,24)17(18)19/h2-9,15,17,21H,10H2,1H3,(H,20,22). The van der Waals surface area contributed by atoms with Crippen molar-refractivity contribution < 1.29 is 31.8 Å². The van der Waals surface area contributed by atoms with Gasteiger partial charge in [0.25, 0.3) is 5.91 Å². The molecule has 26 heavy (non-hydrogen) atoms. The van der Waals surface area contributed by atoms with Crippen LogP contribution in [0.3, 0.4) is 0 Å². The van der Waals surface area contributed by atoms with Crippen molar-refractivity contribution in [2.45, 2.75) is 16.8 Å². The molecule has 9 heteroatoms. The van der Waals surface area contributed by atoms with Crippen molar-refractivity contribution in [3.63, 3.8) is 0 Å². The number of methoxy groups -OCH3 is 1. The van der Waals surface area contributed by atoms with Crippen molar-refractivity contribution in [3.8, 4) is 5.75 Å². The van der Waals surface area contributed by atoms with E-state index in [9.17, 15) is 27.1 Å². The first-order valence-electron chi connectivity index (χ1n) is 7.48. The number of sulfone groups is 1. The number of halogens is 2. The predicted molar refractivity (Wildman–Crippen MR) is 89.9 cm³/mol. The number of nitrogens with one attached hydrogen (secondary N) is 1. The van der Waals surface area contributed by atoms with Crippen LogP contribution in [0.4, 0.5) is 8.78 Å². The summed E-state index contributed by atoms with van der Waals surface area (Å²) in [5.74, 6) is -3.47. The van der Waals surface area contributed by atoms with Crippen LogP contribution in [0.1, 0.15) is 22.0 Å². The monoisotopic (exact) mass is 385 g/mol. The van der Waals surface area contributed by atoms with Gasteiger partial charge in [-0.15, -0.1) is 0 Å². The highest BCUT2D eigenvalue weighted by atomic mass is 32.2. The lowest BCUT2D eigenvalue weighted by atomic mass is 10.1. The Morgan fingerprint density at radius 3 is 2.19 bits per heavy atom. The summed E-state index contributed by atoms with van der Waals surface area (Å²) in [6.45, 7) is -0.0811. The Labute approximate surface area is 149 Å². The second kappa shape index (κ2) is 8.24. The maximum Gasteiger partial charge on any atom is 0.341 e. The van der Waals surface area contributed by atoms with Crippen LogP contribution in [0, 0.1) is 0 Å². The van der Waals surface area contributed by atoms with E-state index in [-0.39, 0.29) is 12.1 Å². The highest BCUT2D eigenvalue weighted by Crippen LogP contribution is 2.19. The third-order valence-electron chi connectivity index (χ3n) is 3.64. The Bertz CT molecular complexity index is 852. The van der Waals surface area contributed by atoms with Crippen LogP contribution in [0.15, 0.2) is 53.4 Å². The van der Waals surface area contributed by atoms with E-state index in [1.165, 1.54) is 7.11 Å². The van der Waals surface area contributed by atoms with Crippen LogP contribution in [-0.4, -0.2) is 38.8 Å².